The van der Waals surface area contributed by atoms with Gasteiger partial charge >= 0.3 is 5.97 Å². The van der Waals surface area contributed by atoms with E-state index in [1.807, 2.05) is 0 Å². The predicted molar refractivity (Wildman–Crippen MR) is 86.0 cm³/mol. The van der Waals surface area contributed by atoms with Crippen molar-refractivity contribution in [1.82, 2.24) is 0 Å². The molecule has 0 radical (unpaired) electrons. The standard InChI is InChI=1S/C10H8.C7H6O2.CH2O2/c1-2-6-10-8-4-3-7-9(10)5-1;8-7(9)6-4-2-1-3-5-6;2-1-3/h1-8H;1-5H,(H,8,9);1H,(H,2,3). The van der Waals surface area contributed by atoms with Gasteiger partial charge in [-0.2, -0.15) is 0 Å². The Hall–Kier alpha value is -3.14. The second-order valence-electron chi connectivity index (χ2n) is 4.12. The molecule has 0 saturated heterocycles. The third-order valence-electron chi connectivity index (χ3n) is 2.68. The summed E-state index contributed by atoms with van der Waals surface area (Å²) in [7, 11) is 0. The van der Waals surface area contributed by atoms with E-state index in [1.54, 1.807) is 30.3 Å². The highest BCUT2D eigenvalue weighted by molar-refractivity contribution is 5.87. The van der Waals surface area contributed by atoms with Crippen LogP contribution in [0.4, 0.5) is 0 Å². The van der Waals surface area contributed by atoms with E-state index >= 15 is 0 Å². The van der Waals surface area contributed by atoms with Crippen molar-refractivity contribution in [3.05, 3.63) is 84.4 Å². The van der Waals surface area contributed by atoms with Gasteiger partial charge in [0.15, 0.2) is 0 Å². The van der Waals surface area contributed by atoms with E-state index < -0.39 is 5.97 Å². The first kappa shape index (κ1) is 16.9. The number of fused-ring (bicyclic) bond motifs is 1. The Bertz CT molecular complexity index is 643. The van der Waals surface area contributed by atoms with Gasteiger partial charge in [-0.15, -0.1) is 0 Å². The molecule has 0 bridgehead atoms. The fourth-order valence-electron chi connectivity index (χ4n) is 1.71. The molecule has 4 nitrogen and oxygen atoms in total. The molecule has 22 heavy (non-hydrogen) atoms. The van der Waals surface area contributed by atoms with E-state index in [9.17, 15) is 4.79 Å². The van der Waals surface area contributed by atoms with Crippen molar-refractivity contribution in [2.75, 3.05) is 0 Å². The summed E-state index contributed by atoms with van der Waals surface area (Å²) in [5.41, 5.74) is 0.331. The van der Waals surface area contributed by atoms with Crippen molar-refractivity contribution in [3.63, 3.8) is 0 Å². The molecule has 0 saturated carbocycles. The molecule has 0 aliphatic carbocycles. The Morgan fingerprint density at radius 2 is 1.05 bits per heavy atom. The maximum Gasteiger partial charge on any atom is 0.335 e. The van der Waals surface area contributed by atoms with Gasteiger partial charge in [-0.05, 0) is 22.9 Å². The zero-order valence-electron chi connectivity index (χ0n) is 11.8. The van der Waals surface area contributed by atoms with E-state index in [0.29, 0.717) is 5.56 Å². The SMILES string of the molecule is O=C(O)c1ccccc1.O=CO.c1ccc2ccccc2c1. The van der Waals surface area contributed by atoms with Crippen LogP contribution >= 0.6 is 0 Å². The molecule has 0 amide bonds. The summed E-state index contributed by atoms with van der Waals surface area (Å²) >= 11 is 0. The molecule has 0 aliphatic heterocycles. The van der Waals surface area contributed by atoms with Gasteiger partial charge in [-0.1, -0.05) is 66.7 Å². The molecule has 0 aliphatic rings. The average molecular weight is 296 g/mol. The number of benzene rings is 3. The first-order valence-corrected chi connectivity index (χ1v) is 6.49. The minimum Gasteiger partial charge on any atom is -0.483 e. The number of aromatic carboxylic acids is 1. The molecule has 0 fully saturated rings. The molecule has 0 spiro atoms. The summed E-state index contributed by atoms with van der Waals surface area (Å²) in [4.78, 5) is 18.6. The largest absolute Gasteiger partial charge is 0.483 e. The topological polar surface area (TPSA) is 74.6 Å². The van der Waals surface area contributed by atoms with Crippen LogP contribution < -0.4 is 0 Å². The summed E-state index contributed by atoms with van der Waals surface area (Å²) in [5.74, 6) is -0.879. The van der Waals surface area contributed by atoms with E-state index in [-0.39, 0.29) is 6.47 Å². The number of carbonyl (C=O) groups is 2. The third-order valence-corrected chi connectivity index (χ3v) is 2.68. The summed E-state index contributed by atoms with van der Waals surface area (Å²) in [5, 5.41) is 17.9. The molecule has 3 rings (SSSR count). The first-order chi connectivity index (χ1) is 10.7. The third kappa shape index (κ3) is 5.88. The van der Waals surface area contributed by atoms with E-state index in [1.165, 1.54) is 10.8 Å². The van der Waals surface area contributed by atoms with Crippen LogP contribution in [-0.2, 0) is 4.79 Å². The Morgan fingerprint density at radius 3 is 1.32 bits per heavy atom. The lowest BCUT2D eigenvalue weighted by atomic mass is 10.1. The van der Waals surface area contributed by atoms with E-state index in [0.717, 1.165) is 0 Å². The van der Waals surface area contributed by atoms with Gasteiger partial charge in [0.25, 0.3) is 6.47 Å². The van der Waals surface area contributed by atoms with Crippen LogP contribution in [0.15, 0.2) is 78.9 Å². The molecule has 4 heteroatoms. The summed E-state index contributed by atoms with van der Waals surface area (Å²) in [6.07, 6.45) is 0. The molecule has 0 unspecified atom stereocenters. The van der Waals surface area contributed by atoms with Gasteiger partial charge in [-0.3, -0.25) is 4.79 Å². The second kappa shape index (κ2) is 9.72. The van der Waals surface area contributed by atoms with Crippen LogP contribution in [0.5, 0.6) is 0 Å². The number of carboxylic acid groups (broad SMARTS) is 2. The zero-order valence-corrected chi connectivity index (χ0v) is 11.8. The van der Waals surface area contributed by atoms with Gasteiger partial charge in [-0.25, -0.2) is 4.79 Å². The Morgan fingerprint density at radius 1 is 0.727 bits per heavy atom. The van der Waals surface area contributed by atoms with Gasteiger partial charge < -0.3 is 10.2 Å². The molecular formula is C18H16O4. The minimum atomic E-state index is -0.879. The second-order valence-corrected chi connectivity index (χ2v) is 4.12. The highest BCUT2D eigenvalue weighted by Crippen LogP contribution is 2.11. The molecule has 112 valence electrons. The Kier molecular flexibility index (Phi) is 7.47. The smallest absolute Gasteiger partial charge is 0.335 e. The number of rotatable bonds is 1. The van der Waals surface area contributed by atoms with Crippen molar-refractivity contribution in [2.24, 2.45) is 0 Å². The number of hydrogen-bond acceptors (Lipinski definition) is 2. The molecular weight excluding hydrogens is 280 g/mol. The Labute approximate surface area is 128 Å². The summed E-state index contributed by atoms with van der Waals surface area (Å²) in [6.45, 7) is -0.250. The number of carboxylic acids is 1. The lowest BCUT2D eigenvalue weighted by Crippen LogP contribution is -1.93. The lowest BCUT2D eigenvalue weighted by Gasteiger charge is -1.92. The predicted octanol–water partition coefficient (Wildman–Crippen LogP) is 3.93. The molecule has 3 aromatic rings. The molecule has 2 N–H and O–H groups in total. The van der Waals surface area contributed by atoms with E-state index in [2.05, 4.69) is 48.5 Å². The maximum absolute atomic E-state index is 10.2. The van der Waals surface area contributed by atoms with E-state index in [4.69, 9.17) is 15.0 Å². The monoisotopic (exact) mass is 296 g/mol. The fraction of sp³-hybridized carbons (Fsp3) is 0. The van der Waals surface area contributed by atoms with Crippen molar-refractivity contribution in [3.8, 4) is 0 Å². The molecule has 0 aromatic heterocycles. The van der Waals surface area contributed by atoms with Crippen molar-refractivity contribution >= 4 is 23.2 Å². The van der Waals surface area contributed by atoms with Crippen LogP contribution in [0.3, 0.4) is 0 Å². The first-order valence-electron chi connectivity index (χ1n) is 6.49. The highest BCUT2D eigenvalue weighted by Gasteiger charge is 1.96. The van der Waals surface area contributed by atoms with Crippen molar-refractivity contribution in [2.45, 2.75) is 0 Å². The van der Waals surface area contributed by atoms with Crippen molar-refractivity contribution in [1.29, 1.82) is 0 Å². The summed E-state index contributed by atoms with van der Waals surface area (Å²) in [6, 6.07) is 25.0. The van der Waals surface area contributed by atoms with Gasteiger partial charge in [0.05, 0.1) is 5.56 Å². The normalized spacial score (nSPS) is 8.73. The average Bonchev–Trinajstić information content (AvgIpc) is 2.57. The van der Waals surface area contributed by atoms with Crippen LogP contribution in [0.2, 0.25) is 0 Å². The zero-order chi connectivity index (χ0) is 16.2. The molecule has 0 atom stereocenters. The van der Waals surface area contributed by atoms with Crippen LogP contribution in [0.1, 0.15) is 10.4 Å². The molecule has 0 heterocycles. The minimum absolute atomic E-state index is 0.250. The van der Waals surface area contributed by atoms with Gasteiger partial charge in [0.2, 0.25) is 0 Å². The lowest BCUT2D eigenvalue weighted by molar-refractivity contribution is -0.122. The highest BCUT2D eigenvalue weighted by atomic mass is 16.4. The van der Waals surface area contributed by atoms with Crippen LogP contribution in [0, 0.1) is 0 Å². The molecule has 3 aromatic carbocycles. The maximum atomic E-state index is 10.2. The van der Waals surface area contributed by atoms with Gasteiger partial charge in [0.1, 0.15) is 0 Å². The Balaban J connectivity index is 0.000000189. The summed E-state index contributed by atoms with van der Waals surface area (Å²) < 4.78 is 0. The quantitative estimate of drug-likeness (QED) is 0.667. The number of hydrogen-bond donors (Lipinski definition) is 2. The van der Waals surface area contributed by atoms with Crippen LogP contribution in [0.25, 0.3) is 10.8 Å². The van der Waals surface area contributed by atoms with Gasteiger partial charge in [0, 0.05) is 0 Å². The van der Waals surface area contributed by atoms with Crippen molar-refractivity contribution < 1.29 is 19.8 Å². The van der Waals surface area contributed by atoms with Crippen LogP contribution in [-0.4, -0.2) is 22.7 Å². The fourth-order valence-corrected chi connectivity index (χ4v) is 1.71.